The number of nitrogens with zero attached hydrogens (tertiary/aromatic N) is 5. The van der Waals surface area contributed by atoms with Crippen molar-refractivity contribution in [1.29, 1.82) is 0 Å². The molecule has 3 aromatic rings. The van der Waals surface area contributed by atoms with Crippen LogP contribution < -0.4 is 4.90 Å². The van der Waals surface area contributed by atoms with Gasteiger partial charge in [-0.2, -0.15) is 0 Å². The van der Waals surface area contributed by atoms with E-state index in [1.54, 1.807) is 12.5 Å². The summed E-state index contributed by atoms with van der Waals surface area (Å²) in [6, 6.07) is 8.27. The van der Waals surface area contributed by atoms with Gasteiger partial charge in [-0.1, -0.05) is 18.2 Å². The summed E-state index contributed by atoms with van der Waals surface area (Å²) in [5.41, 5.74) is 3.13. The van der Waals surface area contributed by atoms with Crippen LogP contribution in [0.25, 0.3) is 5.65 Å². The minimum Gasteiger partial charge on any atom is -0.323 e. The second-order valence-corrected chi connectivity index (χ2v) is 4.34. The SMILES string of the molecule is CCN(c1ccccc1C)c1nccn2cnnc12. The first-order valence-electron chi connectivity index (χ1n) is 6.28. The predicted molar refractivity (Wildman–Crippen MR) is 74.6 cm³/mol. The van der Waals surface area contributed by atoms with E-state index in [-0.39, 0.29) is 0 Å². The number of anilines is 2. The quantitative estimate of drug-likeness (QED) is 0.719. The first-order valence-corrected chi connectivity index (χ1v) is 6.28. The summed E-state index contributed by atoms with van der Waals surface area (Å²) >= 11 is 0. The molecule has 2 heterocycles. The second kappa shape index (κ2) is 4.68. The van der Waals surface area contributed by atoms with Crippen molar-refractivity contribution >= 4 is 17.2 Å². The molecule has 0 amide bonds. The maximum atomic E-state index is 4.47. The van der Waals surface area contributed by atoms with E-state index in [4.69, 9.17) is 0 Å². The minimum absolute atomic E-state index is 0.771. The highest BCUT2D eigenvalue weighted by molar-refractivity contribution is 5.73. The Labute approximate surface area is 111 Å². The summed E-state index contributed by atoms with van der Waals surface area (Å²) in [5.74, 6) is 0.830. The molecular formula is C14H15N5. The van der Waals surface area contributed by atoms with Crippen molar-refractivity contribution in [2.45, 2.75) is 13.8 Å². The molecule has 3 rings (SSSR count). The molecule has 5 nitrogen and oxygen atoms in total. The molecule has 0 unspecified atom stereocenters. The van der Waals surface area contributed by atoms with Gasteiger partial charge in [-0.15, -0.1) is 10.2 Å². The Morgan fingerprint density at radius 3 is 2.89 bits per heavy atom. The molecule has 0 aliphatic rings. The van der Waals surface area contributed by atoms with Crippen LogP contribution in [-0.2, 0) is 0 Å². The van der Waals surface area contributed by atoms with E-state index in [0.717, 1.165) is 23.7 Å². The maximum absolute atomic E-state index is 4.47. The normalized spacial score (nSPS) is 10.8. The average Bonchev–Trinajstić information content (AvgIpc) is 2.91. The Balaban J connectivity index is 2.18. The standard InChI is InChI=1S/C14H15N5/c1-3-19(12-7-5-4-6-11(12)2)13-14-17-16-10-18(14)9-8-15-13/h4-10H,3H2,1-2H3. The summed E-state index contributed by atoms with van der Waals surface area (Å²) in [4.78, 5) is 6.62. The number of rotatable bonds is 3. The number of para-hydroxylation sites is 1. The van der Waals surface area contributed by atoms with Crippen molar-refractivity contribution in [3.05, 3.63) is 48.5 Å². The number of benzene rings is 1. The Morgan fingerprint density at radius 2 is 2.11 bits per heavy atom. The van der Waals surface area contributed by atoms with Gasteiger partial charge in [-0.25, -0.2) is 4.98 Å². The lowest BCUT2D eigenvalue weighted by Crippen LogP contribution is -2.19. The number of aryl methyl sites for hydroxylation is 1. The Kier molecular flexibility index (Phi) is 2.87. The van der Waals surface area contributed by atoms with E-state index in [9.17, 15) is 0 Å². The zero-order valence-corrected chi connectivity index (χ0v) is 11.0. The van der Waals surface area contributed by atoms with Gasteiger partial charge < -0.3 is 4.90 Å². The van der Waals surface area contributed by atoms with Gasteiger partial charge in [-0.05, 0) is 25.5 Å². The van der Waals surface area contributed by atoms with Gasteiger partial charge in [0.2, 0.25) is 5.65 Å². The minimum atomic E-state index is 0.771. The van der Waals surface area contributed by atoms with Crippen LogP contribution in [0.3, 0.4) is 0 Å². The summed E-state index contributed by atoms with van der Waals surface area (Å²) in [5, 5.41) is 8.09. The molecule has 0 saturated heterocycles. The van der Waals surface area contributed by atoms with Crippen molar-refractivity contribution in [3.63, 3.8) is 0 Å². The molecular weight excluding hydrogens is 238 g/mol. The highest BCUT2D eigenvalue weighted by Crippen LogP contribution is 2.28. The van der Waals surface area contributed by atoms with Gasteiger partial charge in [0.25, 0.3) is 0 Å². The molecule has 0 N–H and O–H groups in total. The van der Waals surface area contributed by atoms with Crippen molar-refractivity contribution in [3.8, 4) is 0 Å². The third-order valence-corrected chi connectivity index (χ3v) is 3.18. The zero-order valence-electron chi connectivity index (χ0n) is 11.0. The molecule has 2 aromatic heterocycles. The fourth-order valence-electron chi connectivity index (χ4n) is 2.24. The van der Waals surface area contributed by atoms with Crippen molar-refractivity contribution < 1.29 is 0 Å². The molecule has 0 aliphatic carbocycles. The van der Waals surface area contributed by atoms with Crippen LogP contribution >= 0.6 is 0 Å². The van der Waals surface area contributed by atoms with Crippen molar-refractivity contribution in [1.82, 2.24) is 19.6 Å². The molecule has 0 aliphatic heterocycles. The lowest BCUT2D eigenvalue weighted by molar-refractivity contribution is 0.968. The van der Waals surface area contributed by atoms with Crippen LogP contribution in [-0.4, -0.2) is 26.1 Å². The summed E-state index contributed by atoms with van der Waals surface area (Å²) in [6.45, 7) is 5.03. The Morgan fingerprint density at radius 1 is 1.26 bits per heavy atom. The number of hydrogen-bond donors (Lipinski definition) is 0. The third-order valence-electron chi connectivity index (χ3n) is 3.18. The van der Waals surface area contributed by atoms with Crippen LogP contribution in [0.2, 0.25) is 0 Å². The van der Waals surface area contributed by atoms with E-state index in [2.05, 4.69) is 46.1 Å². The van der Waals surface area contributed by atoms with Gasteiger partial charge in [0.05, 0.1) is 0 Å². The van der Waals surface area contributed by atoms with Gasteiger partial charge >= 0.3 is 0 Å². The van der Waals surface area contributed by atoms with Crippen molar-refractivity contribution in [2.75, 3.05) is 11.4 Å². The topological polar surface area (TPSA) is 46.3 Å². The number of fused-ring (bicyclic) bond motifs is 1. The van der Waals surface area contributed by atoms with Crippen LogP contribution in [0.4, 0.5) is 11.5 Å². The van der Waals surface area contributed by atoms with Crippen LogP contribution in [0.15, 0.2) is 43.0 Å². The molecule has 0 fully saturated rings. The van der Waals surface area contributed by atoms with Crippen LogP contribution in [0.1, 0.15) is 12.5 Å². The lowest BCUT2D eigenvalue weighted by Gasteiger charge is -2.23. The largest absolute Gasteiger partial charge is 0.323 e. The molecule has 0 saturated carbocycles. The summed E-state index contributed by atoms with van der Waals surface area (Å²) in [6.07, 6.45) is 5.31. The Hall–Kier alpha value is -2.43. The van der Waals surface area contributed by atoms with Gasteiger partial charge in [-0.3, -0.25) is 4.40 Å². The monoisotopic (exact) mass is 253 g/mol. The number of aromatic nitrogens is 4. The van der Waals surface area contributed by atoms with Gasteiger partial charge in [0.15, 0.2) is 5.82 Å². The molecule has 0 radical (unpaired) electrons. The van der Waals surface area contributed by atoms with E-state index >= 15 is 0 Å². The molecule has 0 bridgehead atoms. The molecule has 96 valence electrons. The highest BCUT2D eigenvalue weighted by atomic mass is 15.3. The van der Waals surface area contributed by atoms with E-state index in [1.807, 2.05) is 22.7 Å². The highest BCUT2D eigenvalue weighted by Gasteiger charge is 2.15. The number of hydrogen-bond acceptors (Lipinski definition) is 4. The zero-order chi connectivity index (χ0) is 13.2. The van der Waals surface area contributed by atoms with E-state index in [1.165, 1.54) is 5.56 Å². The lowest BCUT2D eigenvalue weighted by atomic mass is 10.2. The van der Waals surface area contributed by atoms with Crippen LogP contribution in [0, 0.1) is 6.92 Å². The summed E-state index contributed by atoms with van der Waals surface area (Å²) in [7, 11) is 0. The first-order chi connectivity index (χ1) is 9.31. The van der Waals surface area contributed by atoms with E-state index in [0.29, 0.717) is 0 Å². The van der Waals surface area contributed by atoms with Crippen molar-refractivity contribution in [2.24, 2.45) is 0 Å². The molecule has 19 heavy (non-hydrogen) atoms. The molecule has 0 atom stereocenters. The third kappa shape index (κ3) is 1.93. The smallest absolute Gasteiger partial charge is 0.204 e. The Bertz CT molecular complexity index is 704. The average molecular weight is 253 g/mol. The molecule has 0 spiro atoms. The fourth-order valence-corrected chi connectivity index (χ4v) is 2.24. The maximum Gasteiger partial charge on any atom is 0.204 e. The fraction of sp³-hybridized carbons (Fsp3) is 0.214. The molecule has 1 aromatic carbocycles. The molecule has 5 heteroatoms. The van der Waals surface area contributed by atoms with Crippen LogP contribution in [0.5, 0.6) is 0 Å². The second-order valence-electron chi connectivity index (χ2n) is 4.34. The predicted octanol–water partition coefficient (Wildman–Crippen LogP) is 2.59. The van der Waals surface area contributed by atoms with Gasteiger partial charge in [0.1, 0.15) is 6.33 Å². The summed E-state index contributed by atoms with van der Waals surface area (Å²) < 4.78 is 1.88. The van der Waals surface area contributed by atoms with E-state index < -0.39 is 0 Å². The first kappa shape index (κ1) is 11.6. The van der Waals surface area contributed by atoms with Gasteiger partial charge in [0, 0.05) is 24.6 Å².